The van der Waals surface area contributed by atoms with Gasteiger partial charge in [-0.05, 0) is 25.1 Å². The molecule has 2 N–H and O–H groups in total. The third-order valence-corrected chi connectivity index (χ3v) is 5.09. The number of methoxy groups -OCH3 is 2. The quantitative estimate of drug-likeness (QED) is 0.564. The smallest absolute Gasteiger partial charge is 0.460 e. The van der Waals surface area contributed by atoms with E-state index in [1.165, 1.54) is 26.5 Å². The maximum Gasteiger partial charge on any atom is 0.460 e. The molecule has 7 nitrogen and oxygen atoms in total. The van der Waals surface area contributed by atoms with Crippen LogP contribution in [0.4, 0.5) is 18.9 Å². The number of benzene rings is 2. The number of halogens is 3. The highest BCUT2D eigenvalue weighted by Crippen LogP contribution is 2.54. The summed E-state index contributed by atoms with van der Waals surface area (Å²) in [6.07, 6.45) is -3.33. The molecular weight excluding hydrogens is 431 g/mol. The summed E-state index contributed by atoms with van der Waals surface area (Å²) in [7, 11) is 2.43. The number of aliphatic hydroxyl groups is 1. The van der Waals surface area contributed by atoms with Crippen molar-refractivity contribution in [1.82, 2.24) is 0 Å². The fourth-order valence-electron chi connectivity index (χ4n) is 3.49. The van der Waals surface area contributed by atoms with Gasteiger partial charge < -0.3 is 29.1 Å². The van der Waals surface area contributed by atoms with Crippen molar-refractivity contribution >= 4 is 22.4 Å². The number of hydrogen-bond acceptors (Lipinski definition) is 7. The number of carbonyl (C=O) groups is 1. The van der Waals surface area contributed by atoms with Gasteiger partial charge in [-0.2, -0.15) is 13.2 Å². The second-order valence-corrected chi connectivity index (χ2v) is 7.08. The van der Waals surface area contributed by atoms with Gasteiger partial charge in [0, 0.05) is 11.9 Å². The van der Waals surface area contributed by atoms with E-state index in [1.807, 2.05) is 6.92 Å². The average Bonchev–Trinajstić information content (AvgIpc) is 3.22. The minimum Gasteiger partial charge on any atom is -0.495 e. The molecule has 168 valence electrons. The van der Waals surface area contributed by atoms with Crippen molar-refractivity contribution in [3.63, 3.8) is 0 Å². The fourth-order valence-corrected chi connectivity index (χ4v) is 3.49. The maximum absolute atomic E-state index is 14.0. The van der Waals surface area contributed by atoms with Crippen LogP contribution in [0.25, 0.3) is 11.0 Å². The van der Waals surface area contributed by atoms with Crippen LogP contribution < -0.4 is 19.5 Å². The van der Waals surface area contributed by atoms with Crippen molar-refractivity contribution in [2.75, 3.05) is 19.5 Å². The zero-order valence-electron chi connectivity index (χ0n) is 17.2. The summed E-state index contributed by atoms with van der Waals surface area (Å²) >= 11 is 0. The lowest BCUT2D eigenvalue weighted by atomic mass is 9.90. The van der Waals surface area contributed by atoms with Gasteiger partial charge >= 0.3 is 12.0 Å². The lowest BCUT2D eigenvalue weighted by molar-refractivity contribution is -0.315. The standard InChI is InChI=1S/C22H18F3NO6/c1-11-4-6-12(7-5-11)26-10-14-16(27)15-17(29-2)13-8-9-31-18(13)20(30-3)19(15)32-21(14,28)22(23,24)25/h4-10,26,28H,1-3H3. The van der Waals surface area contributed by atoms with Gasteiger partial charge in [0.25, 0.3) is 0 Å². The third-order valence-electron chi connectivity index (χ3n) is 5.09. The molecule has 0 radical (unpaired) electrons. The lowest BCUT2D eigenvalue weighted by Gasteiger charge is -2.37. The molecule has 0 aliphatic carbocycles. The normalized spacial score (nSPS) is 19.6. The molecule has 1 atom stereocenters. The molecule has 0 saturated carbocycles. The topological polar surface area (TPSA) is 90.2 Å². The Morgan fingerprint density at radius 3 is 2.34 bits per heavy atom. The summed E-state index contributed by atoms with van der Waals surface area (Å²) in [5, 5.41) is 13.5. The molecule has 3 aromatic rings. The number of Topliss-reactive ketones (excluding diaryl/α,β-unsaturated/α-hetero) is 1. The van der Waals surface area contributed by atoms with E-state index in [1.54, 1.807) is 24.3 Å². The van der Waals surface area contributed by atoms with Crippen LogP contribution in [0, 0.1) is 6.92 Å². The molecule has 0 bridgehead atoms. The number of rotatable bonds is 4. The first-order chi connectivity index (χ1) is 15.1. The number of ketones is 1. The van der Waals surface area contributed by atoms with E-state index in [0.29, 0.717) is 11.1 Å². The number of aryl methyl sites for hydroxylation is 1. The zero-order chi connectivity index (χ0) is 23.3. The molecule has 1 aliphatic heterocycles. The molecule has 0 spiro atoms. The highest BCUT2D eigenvalue weighted by molar-refractivity contribution is 6.18. The number of alkyl halides is 3. The van der Waals surface area contributed by atoms with Crippen LogP contribution in [0.1, 0.15) is 15.9 Å². The van der Waals surface area contributed by atoms with Crippen LogP contribution in [0.2, 0.25) is 0 Å². The number of hydrogen-bond donors (Lipinski definition) is 2. The molecular formula is C22H18F3NO6. The van der Waals surface area contributed by atoms with Gasteiger partial charge in [0.05, 0.1) is 31.4 Å². The molecule has 1 aliphatic rings. The van der Waals surface area contributed by atoms with Gasteiger partial charge in [0.15, 0.2) is 11.3 Å². The Kier molecular flexibility index (Phi) is 5.04. The van der Waals surface area contributed by atoms with Crippen molar-refractivity contribution in [3.05, 3.63) is 59.5 Å². The number of fused-ring (bicyclic) bond motifs is 2. The Bertz CT molecular complexity index is 1230. The molecule has 1 unspecified atom stereocenters. The minimum atomic E-state index is -5.36. The van der Waals surface area contributed by atoms with E-state index in [0.717, 1.165) is 11.8 Å². The molecule has 0 amide bonds. The van der Waals surface area contributed by atoms with Crippen LogP contribution in [-0.2, 0) is 0 Å². The molecule has 2 heterocycles. The number of ether oxygens (including phenoxy) is 3. The molecule has 0 fully saturated rings. The van der Waals surface area contributed by atoms with Gasteiger partial charge in [-0.1, -0.05) is 17.7 Å². The first-order valence-corrected chi connectivity index (χ1v) is 9.34. The Morgan fingerprint density at radius 1 is 1.09 bits per heavy atom. The molecule has 10 heteroatoms. The molecule has 4 rings (SSSR count). The van der Waals surface area contributed by atoms with Crippen LogP contribution >= 0.6 is 0 Å². The van der Waals surface area contributed by atoms with E-state index in [4.69, 9.17) is 18.6 Å². The summed E-state index contributed by atoms with van der Waals surface area (Å²) < 4.78 is 62.8. The van der Waals surface area contributed by atoms with E-state index in [9.17, 15) is 23.1 Å². The number of nitrogens with one attached hydrogen (secondary N) is 1. The number of anilines is 1. The van der Waals surface area contributed by atoms with E-state index in [2.05, 4.69) is 5.32 Å². The zero-order valence-corrected chi connectivity index (χ0v) is 17.2. The first-order valence-electron chi connectivity index (χ1n) is 9.34. The van der Waals surface area contributed by atoms with E-state index >= 15 is 0 Å². The Morgan fingerprint density at radius 2 is 1.75 bits per heavy atom. The predicted octanol–water partition coefficient (Wildman–Crippen LogP) is 4.58. The van der Waals surface area contributed by atoms with Gasteiger partial charge in [-0.15, -0.1) is 0 Å². The third kappa shape index (κ3) is 3.14. The lowest BCUT2D eigenvalue weighted by Crippen LogP contribution is -2.56. The molecule has 0 saturated heterocycles. The SMILES string of the molecule is COc1c2c(c(OC)c3occc13)OC(O)(C(F)(F)F)C(=CNc1ccc(C)cc1)C2=O. The number of furan rings is 1. The fraction of sp³-hybridized carbons (Fsp3) is 0.227. The monoisotopic (exact) mass is 449 g/mol. The van der Waals surface area contributed by atoms with E-state index < -0.39 is 29.1 Å². The highest BCUT2D eigenvalue weighted by atomic mass is 19.4. The van der Waals surface area contributed by atoms with Gasteiger partial charge in [0.1, 0.15) is 11.3 Å². The van der Waals surface area contributed by atoms with E-state index in [-0.39, 0.29) is 22.6 Å². The summed E-state index contributed by atoms with van der Waals surface area (Å²) in [6, 6.07) is 8.16. The molecule has 32 heavy (non-hydrogen) atoms. The highest BCUT2D eigenvalue weighted by Gasteiger charge is 2.64. The van der Waals surface area contributed by atoms with Crippen molar-refractivity contribution in [2.45, 2.75) is 18.9 Å². The molecule has 1 aromatic heterocycles. The van der Waals surface area contributed by atoms with Crippen LogP contribution in [0.15, 0.2) is 52.8 Å². The van der Waals surface area contributed by atoms with Crippen LogP contribution in [0.5, 0.6) is 17.2 Å². The second kappa shape index (κ2) is 7.49. The van der Waals surface area contributed by atoms with Crippen LogP contribution in [0.3, 0.4) is 0 Å². The summed E-state index contributed by atoms with van der Waals surface area (Å²) in [5.41, 5.74) is -0.0564. The predicted molar refractivity (Wildman–Crippen MR) is 108 cm³/mol. The maximum atomic E-state index is 14.0. The number of carbonyl (C=O) groups excluding carboxylic acids is 1. The van der Waals surface area contributed by atoms with Crippen molar-refractivity contribution in [2.24, 2.45) is 0 Å². The summed E-state index contributed by atoms with van der Waals surface area (Å²) in [5.74, 6) is -6.08. The first kappa shape index (κ1) is 21.6. The minimum absolute atomic E-state index is 0.00522. The summed E-state index contributed by atoms with van der Waals surface area (Å²) in [6.45, 7) is 1.84. The van der Waals surface area contributed by atoms with Crippen molar-refractivity contribution in [1.29, 1.82) is 0 Å². The largest absolute Gasteiger partial charge is 0.495 e. The van der Waals surface area contributed by atoms with Gasteiger partial charge in [0.2, 0.25) is 11.5 Å². The van der Waals surface area contributed by atoms with Crippen molar-refractivity contribution < 1.29 is 41.7 Å². The Hall–Kier alpha value is -3.66. The second-order valence-electron chi connectivity index (χ2n) is 7.08. The van der Waals surface area contributed by atoms with Gasteiger partial charge in [-0.25, -0.2) is 0 Å². The Labute approximate surface area is 180 Å². The average molecular weight is 449 g/mol. The van der Waals surface area contributed by atoms with Gasteiger partial charge in [-0.3, -0.25) is 4.79 Å². The van der Waals surface area contributed by atoms with Crippen molar-refractivity contribution in [3.8, 4) is 17.2 Å². The summed E-state index contributed by atoms with van der Waals surface area (Å²) in [4.78, 5) is 13.4. The molecule has 2 aromatic carbocycles. The van der Waals surface area contributed by atoms with Crippen LogP contribution in [-0.4, -0.2) is 37.1 Å². The Balaban J connectivity index is 1.95.